The van der Waals surface area contributed by atoms with Crippen molar-refractivity contribution in [1.29, 1.82) is 0 Å². The van der Waals surface area contributed by atoms with Gasteiger partial charge in [-0.25, -0.2) is 8.78 Å². The molecular formula is C16H23F2N3O2S. The van der Waals surface area contributed by atoms with E-state index in [1.54, 1.807) is 0 Å². The molecular weight excluding hydrogens is 336 g/mol. The van der Waals surface area contributed by atoms with Gasteiger partial charge in [0.25, 0.3) is 12.3 Å². The monoisotopic (exact) mass is 359 g/mol. The van der Waals surface area contributed by atoms with E-state index in [-0.39, 0.29) is 6.54 Å². The van der Waals surface area contributed by atoms with Crippen LogP contribution in [0.4, 0.5) is 13.8 Å². The van der Waals surface area contributed by atoms with E-state index >= 15 is 0 Å². The van der Waals surface area contributed by atoms with Crippen molar-refractivity contribution in [3.8, 4) is 0 Å². The maximum Gasteiger partial charge on any atom is 0.251 e. The number of amides is 2. The lowest BCUT2D eigenvalue weighted by Gasteiger charge is -2.20. The number of halogens is 2. The zero-order valence-electron chi connectivity index (χ0n) is 13.7. The molecule has 0 bridgehead atoms. The van der Waals surface area contributed by atoms with Crippen molar-refractivity contribution in [1.82, 2.24) is 4.90 Å². The molecule has 0 aliphatic heterocycles. The molecule has 0 saturated heterocycles. The second kappa shape index (κ2) is 8.53. The molecule has 0 spiro atoms. The lowest BCUT2D eigenvalue weighted by Crippen LogP contribution is -2.37. The number of primary amides is 1. The highest BCUT2D eigenvalue weighted by molar-refractivity contribution is 7.17. The lowest BCUT2D eigenvalue weighted by atomic mass is 9.95. The second-order valence-electron chi connectivity index (χ2n) is 5.95. The molecule has 2 amide bonds. The van der Waals surface area contributed by atoms with Gasteiger partial charge < -0.3 is 11.1 Å². The molecule has 24 heavy (non-hydrogen) atoms. The Bertz CT molecular complexity index is 604. The van der Waals surface area contributed by atoms with Gasteiger partial charge in [0.1, 0.15) is 5.00 Å². The SMILES string of the molecule is CCCN(CC(=O)Nc1sc2c(c1C(N)=O)CCCC2)CC(F)F. The summed E-state index contributed by atoms with van der Waals surface area (Å²) in [5.74, 6) is -0.951. The summed E-state index contributed by atoms with van der Waals surface area (Å²) in [5, 5.41) is 3.16. The molecule has 0 radical (unpaired) electrons. The molecule has 1 heterocycles. The summed E-state index contributed by atoms with van der Waals surface area (Å²) < 4.78 is 25.2. The van der Waals surface area contributed by atoms with E-state index in [0.29, 0.717) is 23.5 Å². The van der Waals surface area contributed by atoms with Crippen molar-refractivity contribution < 1.29 is 18.4 Å². The van der Waals surface area contributed by atoms with Crippen LogP contribution in [0.15, 0.2) is 0 Å². The third-order valence-corrected chi connectivity index (χ3v) is 5.18. The van der Waals surface area contributed by atoms with E-state index in [4.69, 9.17) is 5.73 Å². The average Bonchev–Trinajstić information content (AvgIpc) is 2.84. The highest BCUT2D eigenvalue weighted by atomic mass is 32.1. The summed E-state index contributed by atoms with van der Waals surface area (Å²) in [6, 6.07) is 0. The number of anilines is 1. The molecule has 134 valence electrons. The van der Waals surface area contributed by atoms with Crippen LogP contribution in [0.2, 0.25) is 0 Å². The average molecular weight is 359 g/mol. The summed E-state index contributed by atoms with van der Waals surface area (Å²) in [7, 11) is 0. The highest BCUT2D eigenvalue weighted by Gasteiger charge is 2.25. The van der Waals surface area contributed by atoms with E-state index in [9.17, 15) is 18.4 Å². The van der Waals surface area contributed by atoms with E-state index < -0.39 is 24.8 Å². The highest BCUT2D eigenvalue weighted by Crippen LogP contribution is 2.37. The number of hydrogen-bond donors (Lipinski definition) is 2. The maximum atomic E-state index is 12.6. The van der Waals surface area contributed by atoms with E-state index in [1.165, 1.54) is 16.2 Å². The van der Waals surface area contributed by atoms with E-state index in [0.717, 1.165) is 36.1 Å². The number of fused-ring (bicyclic) bond motifs is 1. The van der Waals surface area contributed by atoms with E-state index in [1.807, 2.05) is 6.92 Å². The van der Waals surface area contributed by atoms with Gasteiger partial charge in [-0.2, -0.15) is 0 Å². The zero-order valence-corrected chi connectivity index (χ0v) is 14.6. The molecule has 0 fully saturated rings. The quantitative estimate of drug-likeness (QED) is 0.749. The van der Waals surface area contributed by atoms with Gasteiger partial charge in [-0.3, -0.25) is 14.5 Å². The first-order chi connectivity index (χ1) is 11.4. The van der Waals surface area contributed by atoms with Crippen LogP contribution < -0.4 is 11.1 Å². The Morgan fingerprint density at radius 1 is 1.33 bits per heavy atom. The van der Waals surface area contributed by atoms with Crippen LogP contribution >= 0.6 is 11.3 Å². The third kappa shape index (κ3) is 4.73. The van der Waals surface area contributed by atoms with Crippen LogP contribution in [-0.4, -0.2) is 42.8 Å². The molecule has 2 rings (SSSR count). The Kier molecular flexibility index (Phi) is 6.68. The molecule has 8 heteroatoms. The smallest absolute Gasteiger partial charge is 0.251 e. The number of nitrogens with two attached hydrogens (primary N) is 1. The fourth-order valence-corrected chi connectivity index (χ4v) is 4.34. The molecule has 0 atom stereocenters. The van der Waals surface area contributed by atoms with Crippen molar-refractivity contribution in [2.45, 2.75) is 45.5 Å². The number of thiophene rings is 1. The molecule has 1 aliphatic rings. The minimum absolute atomic E-state index is 0.126. The van der Waals surface area contributed by atoms with Gasteiger partial charge in [-0.1, -0.05) is 6.92 Å². The minimum Gasteiger partial charge on any atom is -0.365 e. The number of alkyl halides is 2. The predicted octanol–water partition coefficient (Wildman–Crippen LogP) is 2.64. The Morgan fingerprint density at radius 2 is 2.04 bits per heavy atom. The van der Waals surface area contributed by atoms with Crippen LogP contribution in [-0.2, 0) is 17.6 Å². The Labute approximate surface area is 144 Å². The van der Waals surface area contributed by atoms with E-state index in [2.05, 4.69) is 5.32 Å². The topological polar surface area (TPSA) is 75.4 Å². The molecule has 0 unspecified atom stereocenters. The van der Waals surface area contributed by atoms with Gasteiger partial charge in [-0.15, -0.1) is 11.3 Å². The van der Waals surface area contributed by atoms with Crippen LogP contribution in [0.5, 0.6) is 0 Å². The minimum atomic E-state index is -2.49. The Hall–Kier alpha value is -1.54. The number of carbonyl (C=O) groups is 2. The summed E-state index contributed by atoms with van der Waals surface area (Å²) in [6.07, 6.45) is 1.91. The molecule has 0 saturated carbocycles. The molecule has 1 aliphatic carbocycles. The van der Waals surface area contributed by atoms with Gasteiger partial charge in [0.2, 0.25) is 5.91 Å². The van der Waals surface area contributed by atoms with Gasteiger partial charge >= 0.3 is 0 Å². The van der Waals surface area contributed by atoms with Crippen molar-refractivity contribution in [3.63, 3.8) is 0 Å². The largest absolute Gasteiger partial charge is 0.365 e. The number of hydrogen-bond acceptors (Lipinski definition) is 4. The number of nitrogens with one attached hydrogen (secondary N) is 1. The standard InChI is InChI=1S/C16H23F2N3O2S/c1-2-7-21(8-12(17)18)9-13(22)20-16-14(15(19)23)10-5-3-4-6-11(10)24-16/h12H,2-9H2,1H3,(H2,19,23)(H,20,22). The number of carbonyl (C=O) groups excluding carboxylic acids is 2. The first kappa shape index (κ1) is 18.8. The predicted molar refractivity (Wildman–Crippen MR) is 90.8 cm³/mol. The first-order valence-corrected chi connectivity index (χ1v) is 8.98. The van der Waals surface area contributed by atoms with Crippen molar-refractivity contribution in [2.24, 2.45) is 5.73 Å². The number of aryl methyl sites for hydroxylation is 1. The number of nitrogens with zero attached hydrogens (tertiary/aromatic N) is 1. The summed E-state index contributed by atoms with van der Waals surface area (Å²) >= 11 is 1.37. The molecule has 3 N–H and O–H groups in total. The molecule has 1 aromatic rings. The fraction of sp³-hybridized carbons (Fsp3) is 0.625. The summed E-state index contributed by atoms with van der Waals surface area (Å²) in [6.45, 7) is 1.72. The Morgan fingerprint density at radius 3 is 2.67 bits per heavy atom. The van der Waals surface area contributed by atoms with Gasteiger partial charge in [0, 0.05) is 4.88 Å². The normalized spacial score (nSPS) is 14.0. The maximum absolute atomic E-state index is 12.6. The second-order valence-corrected chi connectivity index (χ2v) is 7.06. The van der Waals surface area contributed by atoms with Gasteiger partial charge in [0.05, 0.1) is 18.7 Å². The van der Waals surface area contributed by atoms with Crippen LogP contribution in [0.25, 0.3) is 0 Å². The first-order valence-electron chi connectivity index (χ1n) is 8.17. The fourth-order valence-electron chi connectivity index (χ4n) is 3.03. The molecule has 1 aromatic heterocycles. The van der Waals surface area contributed by atoms with Crippen LogP contribution in [0.1, 0.15) is 47.0 Å². The number of rotatable bonds is 8. The van der Waals surface area contributed by atoms with Crippen LogP contribution in [0.3, 0.4) is 0 Å². The molecule has 0 aromatic carbocycles. The lowest BCUT2D eigenvalue weighted by molar-refractivity contribution is -0.117. The summed E-state index contributed by atoms with van der Waals surface area (Å²) in [5.41, 5.74) is 6.81. The van der Waals surface area contributed by atoms with Crippen molar-refractivity contribution in [2.75, 3.05) is 25.0 Å². The van der Waals surface area contributed by atoms with Crippen molar-refractivity contribution >= 4 is 28.2 Å². The Balaban J connectivity index is 2.10. The van der Waals surface area contributed by atoms with Gasteiger partial charge in [0.15, 0.2) is 0 Å². The summed E-state index contributed by atoms with van der Waals surface area (Å²) in [4.78, 5) is 26.5. The van der Waals surface area contributed by atoms with Gasteiger partial charge in [-0.05, 0) is 44.2 Å². The zero-order chi connectivity index (χ0) is 17.7. The third-order valence-electron chi connectivity index (χ3n) is 3.97. The van der Waals surface area contributed by atoms with Crippen molar-refractivity contribution in [3.05, 3.63) is 16.0 Å². The van der Waals surface area contributed by atoms with Crippen LogP contribution in [0, 0.1) is 0 Å². The molecule has 5 nitrogen and oxygen atoms in total.